The molecule has 0 bridgehead atoms. The normalized spacial score (nSPS) is 11.0. The van der Waals surface area contributed by atoms with Crippen LogP contribution >= 0.6 is 0 Å². The molecule has 0 fully saturated rings. The predicted molar refractivity (Wildman–Crippen MR) is 85.7 cm³/mol. The van der Waals surface area contributed by atoms with E-state index in [0.29, 0.717) is 25.6 Å². The van der Waals surface area contributed by atoms with Crippen LogP contribution in [0.15, 0.2) is 6.07 Å². The third kappa shape index (κ3) is 5.85. The Bertz CT molecular complexity index is 386. The summed E-state index contributed by atoms with van der Waals surface area (Å²) in [5, 5.41) is 12.5. The average molecular weight is 296 g/mol. The first-order valence-electron chi connectivity index (χ1n) is 7.69. The summed E-state index contributed by atoms with van der Waals surface area (Å²) in [6.45, 7) is 10.8. The molecular weight excluding hydrogens is 268 g/mol. The zero-order valence-electron chi connectivity index (χ0n) is 13.6. The van der Waals surface area contributed by atoms with Crippen molar-refractivity contribution in [3.05, 3.63) is 11.9 Å². The Morgan fingerprint density at radius 1 is 1.33 bits per heavy atom. The van der Waals surface area contributed by atoms with Gasteiger partial charge in [0.2, 0.25) is 0 Å². The summed E-state index contributed by atoms with van der Waals surface area (Å²) in [5.74, 6) is 2.29. The third-order valence-electron chi connectivity index (χ3n) is 3.01. The Balaban J connectivity index is 3.02. The number of aromatic nitrogens is 2. The SMILES string of the molecule is CCCNc1cc(N(CCO)C(C)C)nc(COCC)n1. The van der Waals surface area contributed by atoms with E-state index in [-0.39, 0.29) is 12.6 Å². The van der Waals surface area contributed by atoms with Crippen LogP contribution in [-0.2, 0) is 11.3 Å². The van der Waals surface area contributed by atoms with Gasteiger partial charge in [0, 0.05) is 31.8 Å². The summed E-state index contributed by atoms with van der Waals surface area (Å²) in [5.41, 5.74) is 0. The molecule has 1 heterocycles. The van der Waals surface area contributed by atoms with Crippen molar-refractivity contribution in [2.45, 2.75) is 46.8 Å². The molecule has 0 aliphatic carbocycles. The van der Waals surface area contributed by atoms with Gasteiger partial charge < -0.3 is 20.1 Å². The van der Waals surface area contributed by atoms with Gasteiger partial charge in [0.25, 0.3) is 0 Å². The number of hydrogen-bond donors (Lipinski definition) is 2. The summed E-state index contributed by atoms with van der Waals surface area (Å²) in [6, 6.07) is 2.19. The molecule has 6 nitrogen and oxygen atoms in total. The number of nitrogens with one attached hydrogen (secondary N) is 1. The van der Waals surface area contributed by atoms with E-state index in [1.807, 2.05) is 13.0 Å². The highest BCUT2D eigenvalue weighted by molar-refractivity contribution is 5.50. The summed E-state index contributed by atoms with van der Waals surface area (Å²) in [4.78, 5) is 11.1. The Kier molecular flexibility index (Phi) is 8.00. The van der Waals surface area contributed by atoms with Gasteiger partial charge in [-0.2, -0.15) is 0 Å². The summed E-state index contributed by atoms with van der Waals surface area (Å²) < 4.78 is 5.41. The highest BCUT2D eigenvalue weighted by Crippen LogP contribution is 2.18. The lowest BCUT2D eigenvalue weighted by Gasteiger charge is -2.27. The molecule has 6 heteroatoms. The van der Waals surface area contributed by atoms with Crippen LogP contribution in [0.4, 0.5) is 11.6 Å². The minimum Gasteiger partial charge on any atom is -0.395 e. The van der Waals surface area contributed by atoms with Crippen molar-refractivity contribution in [1.82, 2.24) is 9.97 Å². The van der Waals surface area contributed by atoms with Crippen molar-refractivity contribution >= 4 is 11.6 Å². The van der Waals surface area contributed by atoms with Crippen LogP contribution in [0.5, 0.6) is 0 Å². The van der Waals surface area contributed by atoms with Crippen LogP contribution < -0.4 is 10.2 Å². The van der Waals surface area contributed by atoms with Crippen LogP contribution in [-0.4, -0.2) is 47.4 Å². The number of rotatable bonds is 10. The maximum Gasteiger partial charge on any atom is 0.158 e. The number of ether oxygens (including phenoxy) is 1. The molecule has 21 heavy (non-hydrogen) atoms. The average Bonchev–Trinajstić information content (AvgIpc) is 2.48. The number of nitrogens with zero attached hydrogens (tertiary/aromatic N) is 3. The molecule has 0 saturated heterocycles. The predicted octanol–water partition coefficient (Wildman–Crippen LogP) is 2.04. The first-order valence-corrected chi connectivity index (χ1v) is 7.69. The first-order chi connectivity index (χ1) is 10.1. The molecule has 0 aliphatic heterocycles. The Morgan fingerprint density at radius 2 is 2.10 bits per heavy atom. The first kappa shape index (κ1) is 17.7. The van der Waals surface area contributed by atoms with Gasteiger partial charge in [-0.05, 0) is 27.2 Å². The molecule has 0 radical (unpaired) electrons. The van der Waals surface area contributed by atoms with Gasteiger partial charge in [-0.1, -0.05) is 6.92 Å². The highest BCUT2D eigenvalue weighted by Gasteiger charge is 2.14. The molecule has 1 rings (SSSR count). The topological polar surface area (TPSA) is 70.5 Å². The van der Waals surface area contributed by atoms with Gasteiger partial charge >= 0.3 is 0 Å². The second-order valence-corrected chi connectivity index (χ2v) is 5.10. The smallest absolute Gasteiger partial charge is 0.158 e. The van der Waals surface area contributed by atoms with Crippen molar-refractivity contribution in [3.63, 3.8) is 0 Å². The van der Waals surface area contributed by atoms with E-state index in [0.717, 1.165) is 24.6 Å². The van der Waals surface area contributed by atoms with Crippen LogP contribution in [0.25, 0.3) is 0 Å². The molecule has 0 unspecified atom stereocenters. The lowest BCUT2D eigenvalue weighted by atomic mass is 10.3. The molecule has 0 saturated carbocycles. The summed E-state index contributed by atoms with van der Waals surface area (Å²) in [7, 11) is 0. The lowest BCUT2D eigenvalue weighted by molar-refractivity contribution is 0.128. The van der Waals surface area contributed by atoms with Crippen LogP contribution in [0.3, 0.4) is 0 Å². The standard InChI is InChI=1S/C15H28N4O2/c1-5-7-16-13-10-15(19(8-9-20)12(3)4)18-14(17-13)11-21-6-2/h10,12,20H,5-9,11H2,1-4H3,(H,16,17,18). The molecular formula is C15H28N4O2. The fourth-order valence-corrected chi connectivity index (χ4v) is 1.98. The van der Waals surface area contributed by atoms with E-state index >= 15 is 0 Å². The second kappa shape index (κ2) is 9.52. The lowest BCUT2D eigenvalue weighted by Crippen LogP contribution is -2.34. The molecule has 1 aromatic heterocycles. The minimum atomic E-state index is 0.0979. The zero-order valence-corrected chi connectivity index (χ0v) is 13.6. The molecule has 0 aromatic carbocycles. The van der Waals surface area contributed by atoms with Crippen molar-refractivity contribution < 1.29 is 9.84 Å². The van der Waals surface area contributed by atoms with Gasteiger partial charge in [-0.15, -0.1) is 0 Å². The van der Waals surface area contributed by atoms with Crippen molar-refractivity contribution in [1.29, 1.82) is 0 Å². The third-order valence-corrected chi connectivity index (χ3v) is 3.01. The van der Waals surface area contributed by atoms with E-state index < -0.39 is 0 Å². The van der Waals surface area contributed by atoms with Crippen LogP contribution in [0.1, 0.15) is 39.9 Å². The van der Waals surface area contributed by atoms with E-state index in [1.54, 1.807) is 0 Å². The number of hydrogen-bond acceptors (Lipinski definition) is 6. The highest BCUT2D eigenvalue weighted by atomic mass is 16.5. The fourth-order valence-electron chi connectivity index (χ4n) is 1.98. The molecule has 0 atom stereocenters. The maximum absolute atomic E-state index is 9.24. The number of anilines is 2. The van der Waals surface area contributed by atoms with E-state index in [4.69, 9.17) is 4.74 Å². The monoisotopic (exact) mass is 296 g/mol. The van der Waals surface area contributed by atoms with E-state index in [9.17, 15) is 5.11 Å². The van der Waals surface area contributed by atoms with Gasteiger partial charge in [0.1, 0.15) is 18.2 Å². The number of aliphatic hydroxyl groups excluding tert-OH is 1. The number of aliphatic hydroxyl groups is 1. The van der Waals surface area contributed by atoms with Crippen LogP contribution in [0, 0.1) is 0 Å². The van der Waals surface area contributed by atoms with Crippen molar-refractivity contribution in [2.75, 3.05) is 36.5 Å². The van der Waals surface area contributed by atoms with E-state index in [1.165, 1.54) is 0 Å². The van der Waals surface area contributed by atoms with Gasteiger partial charge in [-0.3, -0.25) is 0 Å². The Labute approximate surface area is 127 Å². The molecule has 120 valence electrons. The van der Waals surface area contributed by atoms with Gasteiger partial charge in [0.05, 0.1) is 6.61 Å². The van der Waals surface area contributed by atoms with Crippen molar-refractivity contribution in [2.24, 2.45) is 0 Å². The fraction of sp³-hybridized carbons (Fsp3) is 0.733. The largest absolute Gasteiger partial charge is 0.395 e. The zero-order chi connectivity index (χ0) is 15.7. The summed E-state index contributed by atoms with van der Waals surface area (Å²) in [6.07, 6.45) is 1.03. The molecule has 0 aliphatic rings. The molecule has 2 N–H and O–H groups in total. The quantitative estimate of drug-likeness (QED) is 0.688. The van der Waals surface area contributed by atoms with Crippen LogP contribution in [0.2, 0.25) is 0 Å². The maximum atomic E-state index is 9.24. The van der Waals surface area contributed by atoms with Crippen molar-refractivity contribution in [3.8, 4) is 0 Å². The second-order valence-electron chi connectivity index (χ2n) is 5.10. The van der Waals surface area contributed by atoms with Gasteiger partial charge in [0.15, 0.2) is 5.82 Å². The molecule has 0 spiro atoms. The molecule has 1 aromatic rings. The molecule has 0 amide bonds. The minimum absolute atomic E-state index is 0.0979. The van der Waals surface area contributed by atoms with E-state index in [2.05, 4.69) is 41.0 Å². The Hall–Kier alpha value is -1.40. The Morgan fingerprint density at radius 3 is 2.67 bits per heavy atom. The van der Waals surface area contributed by atoms with Gasteiger partial charge in [-0.25, -0.2) is 9.97 Å². The summed E-state index contributed by atoms with van der Waals surface area (Å²) >= 11 is 0.